The fraction of sp³-hybridized carbons (Fsp3) is 0. The topological polar surface area (TPSA) is 80.6 Å². The molecule has 4 heteroatoms. The first-order valence-corrected chi connectivity index (χ1v) is 3.95. The molecule has 4 nitrogen and oxygen atoms in total. The Labute approximate surface area is 79.3 Å². The minimum absolute atomic E-state index is 0.0162. The number of fused-ring (bicyclic) bond motifs is 1. The first-order chi connectivity index (χ1) is 6.61. The van der Waals surface area contributed by atoms with Crippen LogP contribution in [0.5, 0.6) is 23.0 Å². The number of hydrogen-bond donors (Lipinski definition) is 3. The van der Waals surface area contributed by atoms with E-state index in [2.05, 4.69) is 0 Å². The van der Waals surface area contributed by atoms with Crippen molar-refractivity contribution in [3.8, 4) is 23.0 Å². The van der Waals surface area contributed by atoms with Crippen molar-refractivity contribution >= 4 is 10.8 Å². The van der Waals surface area contributed by atoms with Crippen LogP contribution in [0.1, 0.15) is 0 Å². The SMILES string of the molecule is [O]c1cc(O)c(O)c2c(O)cccc12. The van der Waals surface area contributed by atoms with Crippen molar-refractivity contribution in [1.29, 1.82) is 0 Å². The Morgan fingerprint density at radius 1 is 1.00 bits per heavy atom. The van der Waals surface area contributed by atoms with Gasteiger partial charge in [0, 0.05) is 11.5 Å². The Morgan fingerprint density at radius 2 is 1.71 bits per heavy atom. The summed E-state index contributed by atoms with van der Waals surface area (Å²) in [7, 11) is 0. The van der Waals surface area contributed by atoms with E-state index in [1.807, 2.05) is 0 Å². The van der Waals surface area contributed by atoms with E-state index in [0.29, 0.717) is 0 Å². The molecular formula is C10H7O4. The standard InChI is InChI=1S/C10H7O4/c11-6-3-1-2-5-7(12)4-8(13)10(14)9(5)6/h1-4,11,13-14H. The predicted molar refractivity (Wildman–Crippen MR) is 49.1 cm³/mol. The molecule has 0 heterocycles. The third-order valence-electron chi connectivity index (χ3n) is 2.06. The van der Waals surface area contributed by atoms with Gasteiger partial charge in [0.25, 0.3) is 0 Å². The zero-order valence-electron chi connectivity index (χ0n) is 7.06. The van der Waals surface area contributed by atoms with E-state index in [9.17, 15) is 15.3 Å². The van der Waals surface area contributed by atoms with Gasteiger partial charge in [-0.25, -0.2) is 0 Å². The molecule has 3 N–H and O–H groups in total. The fourth-order valence-electron chi connectivity index (χ4n) is 1.39. The van der Waals surface area contributed by atoms with Crippen molar-refractivity contribution in [2.75, 3.05) is 0 Å². The molecule has 71 valence electrons. The van der Waals surface area contributed by atoms with Crippen LogP contribution in [0.15, 0.2) is 24.3 Å². The zero-order chi connectivity index (χ0) is 10.3. The lowest BCUT2D eigenvalue weighted by atomic mass is 10.1. The van der Waals surface area contributed by atoms with E-state index in [1.165, 1.54) is 18.2 Å². The summed E-state index contributed by atoms with van der Waals surface area (Å²) in [6.45, 7) is 0. The Bertz CT molecular complexity index is 505. The average molecular weight is 191 g/mol. The van der Waals surface area contributed by atoms with Gasteiger partial charge in [-0.1, -0.05) is 12.1 Å². The highest BCUT2D eigenvalue weighted by Gasteiger charge is 2.13. The van der Waals surface area contributed by atoms with Gasteiger partial charge in [-0.3, -0.25) is 5.11 Å². The van der Waals surface area contributed by atoms with Gasteiger partial charge in [0.15, 0.2) is 17.2 Å². The molecule has 0 atom stereocenters. The minimum Gasteiger partial charge on any atom is -0.507 e. The smallest absolute Gasteiger partial charge is 0.190 e. The summed E-state index contributed by atoms with van der Waals surface area (Å²) in [5.41, 5.74) is 0. The quantitative estimate of drug-likeness (QED) is 0.558. The van der Waals surface area contributed by atoms with Crippen LogP contribution in [0.2, 0.25) is 0 Å². The van der Waals surface area contributed by atoms with E-state index in [1.54, 1.807) is 0 Å². The molecule has 0 aromatic heterocycles. The lowest BCUT2D eigenvalue weighted by Crippen LogP contribution is -1.77. The highest BCUT2D eigenvalue weighted by Crippen LogP contribution is 2.43. The molecular weight excluding hydrogens is 184 g/mol. The summed E-state index contributed by atoms with van der Waals surface area (Å²) in [5.74, 6) is -1.67. The fourth-order valence-corrected chi connectivity index (χ4v) is 1.39. The summed E-state index contributed by atoms with van der Waals surface area (Å²) < 4.78 is 0. The van der Waals surface area contributed by atoms with E-state index >= 15 is 0 Å². The molecule has 0 amide bonds. The Balaban J connectivity index is 3.03. The first kappa shape index (κ1) is 8.50. The number of aromatic hydroxyl groups is 3. The summed E-state index contributed by atoms with van der Waals surface area (Å²) in [5, 5.41) is 39.5. The molecule has 2 aromatic rings. The van der Waals surface area contributed by atoms with Crippen molar-refractivity contribution in [2.24, 2.45) is 0 Å². The van der Waals surface area contributed by atoms with Crippen molar-refractivity contribution in [2.45, 2.75) is 0 Å². The lowest BCUT2D eigenvalue weighted by Gasteiger charge is -2.05. The summed E-state index contributed by atoms with van der Waals surface area (Å²) >= 11 is 0. The van der Waals surface area contributed by atoms with Crippen LogP contribution in [0.25, 0.3) is 10.8 Å². The minimum atomic E-state index is -0.524. The molecule has 1 radical (unpaired) electrons. The van der Waals surface area contributed by atoms with Gasteiger partial charge in [0.05, 0.1) is 5.39 Å². The maximum Gasteiger partial charge on any atom is 0.190 e. The molecule has 0 unspecified atom stereocenters. The van der Waals surface area contributed by atoms with E-state index in [4.69, 9.17) is 5.11 Å². The second kappa shape index (κ2) is 2.70. The number of phenolic OH excluding ortho intramolecular Hbond substituents is 3. The second-order valence-corrected chi connectivity index (χ2v) is 2.94. The van der Waals surface area contributed by atoms with E-state index in [-0.39, 0.29) is 16.5 Å². The zero-order valence-corrected chi connectivity index (χ0v) is 7.06. The third kappa shape index (κ3) is 1.01. The number of phenols is 3. The molecule has 0 saturated carbocycles. The van der Waals surface area contributed by atoms with Crippen LogP contribution >= 0.6 is 0 Å². The monoisotopic (exact) mass is 191 g/mol. The molecule has 0 aliphatic carbocycles. The van der Waals surface area contributed by atoms with Crippen LogP contribution < -0.4 is 0 Å². The molecule has 0 aliphatic heterocycles. The number of benzene rings is 2. The lowest BCUT2D eigenvalue weighted by molar-refractivity contribution is 0.351. The number of rotatable bonds is 0. The average Bonchev–Trinajstić information content (AvgIpc) is 2.14. The largest absolute Gasteiger partial charge is 0.507 e. The van der Waals surface area contributed by atoms with Gasteiger partial charge in [0.2, 0.25) is 0 Å². The molecule has 0 bridgehead atoms. The highest BCUT2D eigenvalue weighted by molar-refractivity contribution is 5.99. The first-order valence-electron chi connectivity index (χ1n) is 3.95. The van der Waals surface area contributed by atoms with Gasteiger partial charge in [0.1, 0.15) is 5.75 Å². The molecule has 2 aromatic carbocycles. The van der Waals surface area contributed by atoms with E-state index < -0.39 is 17.2 Å². The second-order valence-electron chi connectivity index (χ2n) is 2.94. The normalized spacial score (nSPS) is 10.6. The molecule has 2 rings (SSSR count). The van der Waals surface area contributed by atoms with Crippen LogP contribution in [-0.4, -0.2) is 15.3 Å². The maximum atomic E-state index is 11.3. The molecule has 14 heavy (non-hydrogen) atoms. The van der Waals surface area contributed by atoms with Crippen molar-refractivity contribution in [1.82, 2.24) is 0 Å². The van der Waals surface area contributed by atoms with Crippen LogP contribution in [0.4, 0.5) is 0 Å². The maximum absolute atomic E-state index is 11.3. The summed E-state index contributed by atoms with van der Waals surface area (Å²) in [4.78, 5) is 0. The molecule has 0 spiro atoms. The van der Waals surface area contributed by atoms with Crippen molar-refractivity contribution < 1.29 is 20.4 Å². The van der Waals surface area contributed by atoms with E-state index in [0.717, 1.165) is 6.07 Å². The molecule has 0 saturated heterocycles. The molecule has 0 aliphatic rings. The van der Waals surface area contributed by atoms with Gasteiger partial charge < -0.3 is 15.3 Å². The highest BCUT2D eigenvalue weighted by atomic mass is 16.3. The third-order valence-corrected chi connectivity index (χ3v) is 2.06. The van der Waals surface area contributed by atoms with Crippen molar-refractivity contribution in [3.63, 3.8) is 0 Å². The Hall–Kier alpha value is -2.10. The van der Waals surface area contributed by atoms with Crippen LogP contribution in [0, 0.1) is 0 Å². The summed E-state index contributed by atoms with van der Waals surface area (Å²) in [6.07, 6.45) is 0. The predicted octanol–water partition coefficient (Wildman–Crippen LogP) is 2.10. The van der Waals surface area contributed by atoms with Crippen LogP contribution in [-0.2, 0) is 5.11 Å². The van der Waals surface area contributed by atoms with Gasteiger partial charge in [-0.15, -0.1) is 0 Å². The van der Waals surface area contributed by atoms with Gasteiger partial charge in [-0.05, 0) is 6.07 Å². The summed E-state index contributed by atoms with van der Waals surface area (Å²) in [6, 6.07) is 5.21. The Kier molecular flexibility index (Phi) is 1.64. The number of hydrogen-bond acceptors (Lipinski definition) is 3. The Morgan fingerprint density at radius 3 is 2.43 bits per heavy atom. The molecule has 0 fully saturated rings. The van der Waals surface area contributed by atoms with Crippen molar-refractivity contribution in [3.05, 3.63) is 24.3 Å². The van der Waals surface area contributed by atoms with Gasteiger partial charge in [-0.2, -0.15) is 0 Å². The van der Waals surface area contributed by atoms with Crippen LogP contribution in [0.3, 0.4) is 0 Å². The van der Waals surface area contributed by atoms with Gasteiger partial charge >= 0.3 is 0 Å².